The van der Waals surface area contributed by atoms with Gasteiger partial charge in [-0.1, -0.05) is 54.2 Å². The van der Waals surface area contributed by atoms with E-state index in [2.05, 4.69) is 15.6 Å². The molecule has 148 valence electrons. The second kappa shape index (κ2) is 8.48. The Morgan fingerprint density at radius 1 is 1.07 bits per heavy atom. The Balaban J connectivity index is 1.56. The van der Waals surface area contributed by atoms with Crippen LogP contribution in [0.4, 0.5) is 4.79 Å². The van der Waals surface area contributed by atoms with Crippen LogP contribution in [-0.2, 0) is 11.3 Å². The first-order valence-corrected chi connectivity index (χ1v) is 10.4. The molecule has 1 aliphatic rings. The molecule has 0 radical (unpaired) electrons. The van der Waals surface area contributed by atoms with Gasteiger partial charge in [-0.05, 0) is 30.5 Å². The molecule has 3 aromatic rings. The Morgan fingerprint density at radius 2 is 1.79 bits per heavy atom. The molecule has 8 heteroatoms. The number of aromatic nitrogens is 2. The fourth-order valence-electron chi connectivity index (χ4n) is 2.91. The molecule has 3 amide bonds. The molecule has 0 aliphatic heterocycles. The van der Waals surface area contributed by atoms with Crippen molar-refractivity contribution in [2.75, 3.05) is 5.75 Å². The molecule has 1 saturated carbocycles. The van der Waals surface area contributed by atoms with Crippen LogP contribution in [0.2, 0.25) is 0 Å². The zero-order chi connectivity index (χ0) is 20.2. The van der Waals surface area contributed by atoms with Gasteiger partial charge in [-0.15, -0.1) is 0 Å². The summed E-state index contributed by atoms with van der Waals surface area (Å²) in [5, 5.41) is 6.00. The number of hydrogen-bond donors (Lipinski definition) is 2. The standard InChI is InChI=1S/C21H20N4O3S/c26-18(24-20(28)22-15-10-11-15)13-29-21-23-17-9-5-4-8-16(17)19(27)25(21)12-14-6-2-1-3-7-14/h1-9,15H,10-13H2,(H2,22,24,26,28). The molecular formula is C21H20N4O3S. The van der Waals surface area contributed by atoms with Crippen LogP contribution in [0.3, 0.4) is 0 Å². The quantitative estimate of drug-likeness (QED) is 0.483. The SMILES string of the molecule is O=C(CSc1nc2ccccc2c(=O)n1Cc1ccccc1)NC(=O)NC1CC1. The number of benzene rings is 2. The molecule has 4 rings (SSSR count). The number of hydrogen-bond acceptors (Lipinski definition) is 5. The molecule has 1 aromatic heterocycles. The molecule has 2 aromatic carbocycles. The number of amides is 3. The minimum Gasteiger partial charge on any atom is -0.335 e. The predicted octanol–water partition coefficient (Wildman–Crippen LogP) is 2.53. The number of fused-ring (bicyclic) bond motifs is 1. The van der Waals surface area contributed by atoms with Gasteiger partial charge in [-0.2, -0.15) is 0 Å². The summed E-state index contributed by atoms with van der Waals surface area (Å²) in [6.45, 7) is 0.351. The molecule has 1 fully saturated rings. The lowest BCUT2D eigenvalue weighted by molar-refractivity contribution is -0.117. The molecule has 1 aliphatic carbocycles. The second-order valence-corrected chi connectivity index (χ2v) is 7.82. The van der Waals surface area contributed by atoms with Crippen LogP contribution in [0.15, 0.2) is 64.5 Å². The van der Waals surface area contributed by atoms with Crippen LogP contribution < -0.4 is 16.2 Å². The average molecular weight is 408 g/mol. The highest BCUT2D eigenvalue weighted by atomic mass is 32.2. The van der Waals surface area contributed by atoms with Gasteiger partial charge in [0.25, 0.3) is 5.56 Å². The number of thioether (sulfide) groups is 1. The molecule has 7 nitrogen and oxygen atoms in total. The number of carbonyl (C=O) groups excluding carboxylic acids is 2. The largest absolute Gasteiger partial charge is 0.335 e. The van der Waals surface area contributed by atoms with Crippen LogP contribution in [0.25, 0.3) is 10.9 Å². The fraction of sp³-hybridized carbons (Fsp3) is 0.238. The summed E-state index contributed by atoms with van der Waals surface area (Å²) in [6, 6.07) is 16.4. The van der Waals surface area contributed by atoms with Gasteiger partial charge in [0.05, 0.1) is 23.2 Å². The Hall–Kier alpha value is -3.13. The van der Waals surface area contributed by atoms with Crippen molar-refractivity contribution in [2.24, 2.45) is 0 Å². The molecule has 0 unspecified atom stereocenters. The van der Waals surface area contributed by atoms with Gasteiger partial charge in [0.15, 0.2) is 5.16 Å². The maximum absolute atomic E-state index is 13.0. The summed E-state index contributed by atoms with van der Waals surface area (Å²) in [5.41, 5.74) is 1.38. The summed E-state index contributed by atoms with van der Waals surface area (Å²) >= 11 is 1.14. The molecule has 2 N–H and O–H groups in total. The lowest BCUT2D eigenvalue weighted by Crippen LogP contribution is -2.41. The first kappa shape index (κ1) is 19.2. The summed E-state index contributed by atoms with van der Waals surface area (Å²) in [5.74, 6) is -0.445. The van der Waals surface area contributed by atoms with Crippen molar-refractivity contribution in [1.82, 2.24) is 20.2 Å². The highest BCUT2D eigenvalue weighted by Crippen LogP contribution is 2.20. The topological polar surface area (TPSA) is 93.1 Å². The molecule has 1 heterocycles. The molecule has 0 spiro atoms. The van der Waals surface area contributed by atoms with E-state index in [0.717, 1.165) is 30.2 Å². The number of urea groups is 1. The van der Waals surface area contributed by atoms with Crippen molar-refractivity contribution in [2.45, 2.75) is 30.6 Å². The van der Waals surface area contributed by atoms with Crippen molar-refractivity contribution >= 4 is 34.6 Å². The van der Waals surface area contributed by atoms with Gasteiger partial charge in [-0.25, -0.2) is 9.78 Å². The van der Waals surface area contributed by atoms with E-state index >= 15 is 0 Å². The molecule has 0 atom stereocenters. The highest BCUT2D eigenvalue weighted by Gasteiger charge is 2.24. The number of para-hydroxylation sites is 1. The fourth-order valence-corrected chi connectivity index (χ4v) is 3.70. The molecule has 29 heavy (non-hydrogen) atoms. The van der Waals surface area contributed by atoms with Crippen LogP contribution in [-0.4, -0.2) is 33.3 Å². The third kappa shape index (κ3) is 4.83. The highest BCUT2D eigenvalue weighted by molar-refractivity contribution is 7.99. The maximum atomic E-state index is 13.0. The van der Waals surface area contributed by atoms with Crippen LogP contribution in [0.5, 0.6) is 0 Å². The third-order valence-electron chi connectivity index (χ3n) is 4.51. The van der Waals surface area contributed by atoms with E-state index in [1.165, 1.54) is 0 Å². The number of carbonyl (C=O) groups is 2. The van der Waals surface area contributed by atoms with Crippen LogP contribution >= 0.6 is 11.8 Å². The number of nitrogens with one attached hydrogen (secondary N) is 2. The lowest BCUT2D eigenvalue weighted by atomic mass is 10.2. The van der Waals surface area contributed by atoms with Crippen LogP contribution in [0.1, 0.15) is 18.4 Å². The summed E-state index contributed by atoms with van der Waals surface area (Å²) < 4.78 is 1.57. The molecular weight excluding hydrogens is 388 g/mol. The Bertz CT molecular complexity index is 1110. The normalized spacial score (nSPS) is 13.2. The van der Waals surface area contributed by atoms with Crippen molar-refractivity contribution in [3.63, 3.8) is 0 Å². The first-order valence-electron chi connectivity index (χ1n) is 9.37. The molecule has 0 saturated heterocycles. The van der Waals surface area contributed by atoms with Crippen molar-refractivity contribution in [3.05, 3.63) is 70.5 Å². The minimum absolute atomic E-state index is 0.0162. The first-order chi connectivity index (χ1) is 14.1. The van der Waals surface area contributed by atoms with Gasteiger partial charge in [0, 0.05) is 6.04 Å². The van der Waals surface area contributed by atoms with E-state index in [4.69, 9.17) is 0 Å². The van der Waals surface area contributed by atoms with Gasteiger partial charge >= 0.3 is 6.03 Å². The second-order valence-electron chi connectivity index (χ2n) is 6.87. The van der Waals surface area contributed by atoms with E-state index in [1.807, 2.05) is 36.4 Å². The van der Waals surface area contributed by atoms with E-state index < -0.39 is 11.9 Å². The predicted molar refractivity (Wildman–Crippen MR) is 112 cm³/mol. The van der Waals surface area contributed by atoms with Gasteiger partial charge in [0.1, 0.15) is 0 Å². The monoisotopic (exact) mass is 408 g/mol. The van der Waals surface area contributed by atoms with E-state index in [-0.39, 0.29) is 17.4 Å². The Kier molecular flexibility index (Phi) is 5.62. The summed E-state index contributed by atoms with van der Waals surface area (Å²) in [4.78, 5) is 41.5. The minimum atomic E-state index is -0.480. The van der Waals surface area contributed by atoms with Crippen molar-refractivity contribution < 1.29 is 9.59 Å². The summed E-state index contributed by atoms with van der Waals surface area (Å²) in [6.07, 6.45) is 1.90. The van der Waals surface area contributed by atoms with Gasteiger partial charge in [0.2, 0.25) is 5.91 Å². The van der Waals surface area contributed by atoms with Gasteiger partial charge in [-0.3, -0.25) is 19.5 Å². The Morgan fingerprint density at radius 3 is 2.55 bits per heavy atom. The van der Waals surface area contributed by atoms with E-state index in [9.17, 15) is 14.4 Å². The lowest BCUT2D eigenvalue weighted by Gasteiger charge is -2.13. The smallest absolute Gasteiger partial charge is 0.321 e. The zero-order valence-electron chi connectivity index (χ0n) is 15.6. The average Bonchev–Trinajstić information content (AvgIpc) is 3.53. The summed E-state index contributed by atoms with van der Waals surface area (Å²) in [7, 11) is 0. The van der Waals surface area contributed by atoms with Crippen molar-refractivity contribution in [3.8, 4) is 0 Å². The van der Waals surface area contributed by atoms with E-state index in [1.54, 1.807) is 22.8 Å². The zero-order valence-corrected chi connectivity index (χ0v) is 16.4. The molecule has 0 bridgehead atoms. The number of nitrogens with zero attached hydrogens (tertiary/aromatic N) is 2. The number of rotatable bonds is 6. The van der Waals surface area contributed by atoms with Crippen molar-refractivity contribution in [1.29, 1.82) is 0 Å². The maximum Gasteiger partial charge on any atom is 0.321 e. The van der Waals surface area contributed by atoms with Gasteiger partial charge < -0.3 is 5.32 Å². The Labute approximate surface area is 171 Å². The van der Waals surface area contributed by atoms with E-state index in [0.29, 0.717) is 22.6 Å². The third-order valence-corrected chi connectivity index (χ3v) is 5.48. The van der Waals surface area contributed by atoms with Crippen LogP contribution in [0, 0.1) is 0 Å². The number of imide groups is 1.